The van der Waals surface area contributed by atoms with E-state index in [-0.39, 0.29) is 0 Å². The molecule has 0 aliphatic carbocycles. The fourth-order valence-corrected chi connectivity index (χ4v) is 0.835. The van der Waals surface area contributed by atoms with E-state index in [0.717, 1.165) is 11.3 Å². The van der Waals surface area contributed by atoms with E-state index in [1.807, 2.05) is 31.2 Å². The van der Waals surface area contributed by atoms with Gasteiger partial charge in [0.25, 0.3) is 0 Å². The molecule has 11 heavy (non-hydrogen) atoms. The van der Waals surface area contributed by atoms with Gasteiger partial charge in [0, 0.05) is 0 Å². The number of aryl methyl sites for hydroxylation is 1. The number of nitrogens with two attached hydrogens (primary N) is 2. The Hall–Kier alpha value is -1.06. The van der Waals surface area contributed by atoms with Gasteiger partial charge in [-0.05, 0) is 18.6 Å². The number of para-hydroxylation sites is 1. The van der Waals surface area contributed by atoms with E-state index < -0.39 is 6.35 Å². The number of ether oxygens (including phenoxy) is 1. The molecule has 0 aliphatic heterocycles. The molecule has 0 bridgehead atoms. The minimum absolute atomic E-state index is 0.738. The van der Waals surface area contributed by atoms with Gasteiger partial charge in [-0.2, -0.15) is 0 Å². The van der Waals surface area contributed by atoms with Crippen molar-refractivity contribution in [3.8, 4) is 5.75 Å². The highest BCUT2D eigenvalue weighted by molar-refractivity contribution is 5.31. The minimum Gasteiger partial charge on any atom is -0.462 e. The molecule has 3 nitrogen and oxygen atoms in total. The molecule has 0 spiro atoms. The fraction of sp³-hybridized carbons (Fsp3) is 0.250. The van der Waals surface area contributed by atoms with Crippen LogP contribution in [0.4, 0.5) is 0 Å². The highest BCUT2D eigenvalue weighted by atomic mass is 16.5. The maximum Gasteiger partial charge on any atom is 0.202 e. The van der Waals surface area contributed by atoms with Gasteiger partial charge in [0.2, 0.25) is 6.35 Å². The predicted octanol–water partition coefficient (Wildman–Crippen LogP) is 0.575. The van der Waals surface area contributed by atoms with Gasteiger partial charge in [-0.15, -0.1) is 0 Å². The molecule has 0 aromatic heterocycles. The first-order chi connectivity index (χ1) is 5.20. The fourth-order valence-electron chi connectivity index (χ4n) is 0.835. The topological polar surface area (TPSA) is 61.3 Å². The lowest BCUT2D eigenvalue weighted by molar-refractivity contribution is 0.216. The molecule has 0 unspecified atom stereocenters. The maximum atomic E-state index is 5.25. The molecular weight excluding hydrogens is 140 g/mol. The molecule has 1 aromatic rings. The molecule has 0 saturated heterocycles. The summed E-state index contributed by atoms with van der Waals surface area (Å²) in [5.74, 6) is 0.738. The molecule has 3 heteroatoms. The summed E-state index contributed by atoms with van der Waals surface area (Å²) in [6.07, 6.45) is -0.740. The Morgan fingerprint density at radius 1 is 1.27 bits per heavy atom. The van der Waals surface area contributed by atoms with Crippen molar-refractivity contribution in [1.82, 2.24) is 0 Å². The van der Waals surface area contributed by atoms with E-state index in [1.165, 1.54) is 0 Å². The van der Waals surface area contributed by atoms with Gasteiger partial charge in [0.05, 0.1) is 0 Å². The first kappa shape index (κ1) is 8.04. The van der Waals surface area contributed by atoms with Crippen molar-refractivity contribution in [3.05, 3.63) is 29.8 Å². The summed E-state index contributed by atoms with van der Waals surface area (Å²) in [7, 11) is 0. The molecule has 0 radical (unpaired) electrons. The van der Waals surface area contributed by atoms with Gasteiger partial charge < -0.3 is 4.74 Å². The summed E-state index contributed by atoms with van der Waals surface area (Å²) in [6, 6.07) is 7.59. The van der Waals surface area contributed by atoms with E-state index in [2.05, 4.69) is 0 Å². The van der Waals surface area contributed by atoms with Gasteiger partial charge in [-0.1, -0.05) is 18.2 Å². The van der Waals surface area contributed by atoms with Crippen LogP contribution in [0.2, 0.25) is 0 Å². The van der Waals surface area contributed by atoms with Crippen LogP contribution in [0.5, 0.6) is 5.75 Å². The molecule has 1 aromatic carbocycles. The second kappa shape index (κ2) is 3.37. The Morgan fingerprint density at radius 3 is 2.45 bits per heavy atom. The van der Waals surface area contributed by atoms with Gasteiger partial charge in [0.15, 0.2) is 0 Å². The number of rotatable bonds is 2. The molecule has 1 rings (SSSR count). The molecule has 60 valence electrons. The van der Waals surface area contributed by atoms with Crippen LogP contribution >= 0.6 is 0 Å². The molecule has 0 atom stereocenters. The highest BCUT2D eigenvalue weighted by Gasteiger charge is 1.98. The average molecular weight is 152 g/mol. The van der Waals surface area contributed by atoms with Crippen molar-refractivity contribution in [3.63, 3.8) is 0 Å². The van der Waals surface area contributed by atoms with Crippen LogP contribution in [0.1, 0.15) is 5.56 Å². The summed E-state index contributed by atoms with van der Waals surface area (Å²) < 4.78 is 5.10. The summed E-state index contributed by atoms with van der Waals surface area (Å²) in [4.78, 5) is 0. The van der Waals surface area contributed by atoms with Gasteiger partial charge in [-0.25, -0.2) is 0 Å². The molecule has 0 heterocycles. The van der Waals surface area contributed by atoms with Gasteiger partial charge in [-0.3, -0.25) is 11.5 Å². The standard InChI is InChI=1S/C8H12N2O/c1-6-4-2-3-5-7(6)11-8(9)10/h2-5,8H,9-10H2,1H3. The summed E-state index contributed by atoms with van der Waals surface area (Å²) in [6.45, 7) is 1.94. The van der Waals surface area contributed by atoms with E-state index in [4.69, 9.17) is 16.2 Å². The number of benzene rings is 1. The van der Waals surface area contributed by atoms with E-state index in [0.29, 0.717) is 0 Å². The van der Waals surface area contributed by atoms with Crippen LogP contribution in [-0.2, 0) is 0 Å². The summed E-state index contributed by atoms with van der Waals surface area (Å²) >= 11 is 0. The van der Waals surface area contributed by atoms with E-state index in [9.17, 15) is 0 Å². The second-order valence-corrected chi connectivity index (χ2v) is 2.35. The average Bonchev–Trinajstić information content (AvgIpc) is 1.93. The van der Waals surface area contributed by atoms with Crippen LogP contribution in [0.15, 0.2) is 24.3 Å². The van der Waals surface area contributed by atoms with Crippen LogP contribution in [0.25, 0.3) is 0 Å². The van der Waals surface area contributed by atoms with Crippen molar-refractivity contribution in [1.29, 1.82) is 0 Å². The Balaban J connectivity index is 2.78. The van der Waals surface area contributed by atoms with E-state index >= 15 is 0 Å². The molecule has 0 amide bonds. The zero-order valence-electron chi connectivity index (χ0n) is 6.45. The summed E-state index contributed by atoms with van der Waals surface area (Å²) in [5, 5.41) is 0. The number of hydrogen-bond acceptors (Lipinski definition) is 3. The van der Waals surface area contributed by atoms with Crippen molar-refractivity contribution < 1.29 is 4.74 Å². The molecule has 4 N–H and O–H groups in total. The van der Waals surface area contributed by atoms with E-state index in [1.54, 1.807) is 0 Å². The third-order valence-electron chi connectivity index (χ3n) is 1.36. The third kappa shape index (κ3) is 2.22. The lowest BCUT2D eigenvalue weighted by Crippen LogP contribution is -2.36. The quantitative estimate of drug-likeness (QED) is 0.609. The van der Waals surface area contributed by atoms with Crippen molar-refractivity contribution in [2.24, 2.45) is 11.5 Å². The Morgan fingerprint density at radius 2 is 1.91 bits per heavy atom. The second-order valence-electron chi connectivity index (χ2n) is 2.35. The monoisotopic (exact) mass is 152 g/mol. The Kier molecular flexibility index (Phi) is 2.46. The van der Waals surface area contributed by atoms with Crippen molar-refractivity contribution in [2.45, 2.75) is 13.3 Å². The SMILES string of the molecule is Cc1ccccc1OC(N)N. The predicted molar refractivity (Wildman–Crippen MR) is 44.0 cm³/mol. The Bertz CT molecular complexity index is 235. The number of hydrogen-bond donors (Lipinski definition) is 2. The minimum atomic E-state index is -0.740. The van der Waals surface area contributed by atoms with Gasteiger partial charge in [0.1, 0.15) is 5.75 Å². The normalized spacial score (nSPS) is 10.2. The molecule has 0 fully saturated rings. The van der Waals surface area contributed by atoms with Crippen LogP contribution < -0.4 is 16.2 Å². The lowest BCUT2D eigenvalue weighted by atomic mass is 10.2. The third-order valence-corrected chi connectivity index (χ3v) is 1.36. The first-order valence-corrected chi connectivity index (χ1v) is 3.43. The molecule has 0 aliphatic rings. The summed E-state index contributed by atoms with van der Waals surface area (Å²) in [5.41, 5.74) is 11.5. The highest BCUT2D eigenvalue weighted by Crippen LogP contribution is 2.15. The maximum absolute atomic E-state index is 5.25. The van der Waals surface area contributed by atoms with Crippen LogP contribution in [0.3, 0.4) is 0 Å². The van der Waals surface area contributed by atoms with Crippen molar-refractivity contribution >= 4 is 0 Å². The van der Waals surface area contributed by atoms with Crippen LogP contribution in [0, 0.1) is 6.92 Å². The molecule has 0 saturated carbocycles. The van der Waals surface area contributed by atoms with Gasteiger partial charge >= 0.3 is 0 Å². The largest absolute Gasteiger partial charge is 0.462 e. The lowest BCUT2D eigenvalue weighted by Gasteiger charge is -2.10. The molecular formula is C8H12N2O. The zero-order chi connectivity index (χ0) is 8.27. The zero-order valence-corrected chi connectivity index (χ0v) is 6.45. The van der Waals surface area contributed by atoms with Crippen LogP contribution in [-0.4, -0.2) is 6.35 Å². The smallest absolute Gasteiger partial charge is 0.202 e. The first-order valence-electron chi connectivity index (χ1n) is 3.43. The Labute approximate surface area is 66.0 Å². The van der Waals surface area contributed by atoms with Crippen molar-refractivity contribution in [2.75, 3.05) is 0 Å².